The van der Waals surface area contributed by atoms with E-state index in [1.165, 1.54) is 20.3 Å². The van der Waals surface area contributed by atoms with E-state index < -0.39 is 5.63 Å². The monoisotopic (exact) mass is 367 g/mol. The summed E-state index contributed by atoms with van der Waals surface area (Å²) in [5, 5.41) is 3.69. The van der Waals surface area contributed by atoms with Crippen molar-refractivity contribution in [2.75, 3.05) is 14.2 Å². The smallest absolute Gasteiger partial charge is 0.336 e. The number of benzene rings is 2. The maximum atomic E-state index is 12.5. The van der Waals surface area contributed by atoms with Gasteiger partial charge in [-0.2, -0.15) is 0 Å². The van der Waals surface area contributed by atoms with Gasteiger partial charge in [-0.1, -0.05) is 6.07 Å². The van der Waals surface area contributed by atoms with Crippen LogP contribution in [0.2, 0.25) is 0 Å². The molecule has 0 aliphatic heterocycles. The minimum atomic E-state index is -0.442. The fourth-order valence-corrected chi connectivity index (χ4v) is 3.17. The van der Waals surface area contributed by atoms with Crippen LogP contribution in [0.4, 0.5) is 0 Å². The Balaban J connectivity index is 1.89. The number of hydrogen-bond acceptors (Lipinski definition) is 5. The third-order valence-corrected chi connectivity index (χ3v) is 4.35. The molecule has 3 rings (SSSR count). The van der Waals surface area contributed by atoms with Gasteiger partial charge < -0.3 is 19.2 Å². The summed E-state index contributed by atoms with van der Waals surface area (Å²) in [5.74, 6) is 0.746. The molecular weight excluding hydrogens is 346 g/mol. The first-order valence-electron chi connectivity index (χ1n) is 8.47. The van der Waals surface area contributed by atoms with Gasteiger partial charge in [-0.3, -0.25) is 4.79 Å². The maximum absolute atomic E-state index is 12.5. The summed E-state index contributed by atoms with van der Waals surface area (Å²) in [6.45, 7) is 4.10. The van der Waals surface area contributed by atoms with Gasteiger partial charge in [-0.05, 0) is 54.8 Å². The second-order valence-electron chi connectivity index (χ2n) is 6.30. The number of nitrogens with one attached hydrogen (secondary N) is 1. The van der Waals surface area contributed by atoms with E-state index in [1.54, 1.807) is 18.2 Å². The lowest BCUT2D eigenvalue weighted by Gasteiger charge is -2.12. The molecule has 2 aromatic carbocycles. The van der Waals surface area contributed by atoms with E-state index in [9.17, 15) is 9.59 Å². The number of rotatable bonds is 5. The predicted octanol–water partition coefficient (Wildman–Crippen LogP) is 3.36. The number of amides is 1. The average Bonchev–Trinajstić information content (AvgIpc) is 2.64. The maximum Gasteiger partial charge on any atom is 0.336 e. The Kier molecular flexibility index (Phi) is 5.16. The summed E-state index contributed by atoms with van der Waals surface area (Å²) >= 11 is 0. The van der Waals surface area contributed by atoms with E-state index in [-0.39, 0.29) is 12.5 Å². The highest BCUT2D eigenvalue weighted by Gasteiger charge is 2.13. The molecule has 0 saturated heterocycles. The molecule has 0 saturated carbocycles. The molecule has 1 heterocycles. The van der Waals surface area contributed by atoms with Gasteiger partial charge in [0.25, 0.3) is 5.91 Å². The third-order valence-electron chi connectivity index (χ3n) is 4.35. The number of ether oxygens (including phenoxy) is 2. The molecule has 0 fully saturated rings. The molecular formula is C21H21NO5. The first kappa shape index (κ1) is 18.5. The quantitative estimate of drug-likeness (QED) is 0.700. The Morgan fingerprint density at radius 1 is 1.04 bits per heavy atom. The SMILES string of the molecule is COc1ccc(C(=O)NCc2cc(=O)oc3cc(C)cc(C)c23)cc1OC. The minimum Gasteiger partial charge on any atom is -0.493 e. The zero-order valence-corrected chi connectivity index (χ0v) is 15.7. The molecule has 0 spiro atoms. The number of hydrogen-bond donors (Lipinski definition) is 1. The van der Waals surface area contributed by atoms with Crippen LogP contribution in [0, 0.1) is 13.8 Å². The van der Waals surface area contributed by atoms with Crippen LogP contribution in [0.25, 0.3) is 11.0 Å². The van der Waals surface area contributed by atoms with Crippen LogP contribution in [-0.4, -0.2) is 20.1 Å². The lowest BCUT2D eigenvalue weighted by Crippen LogP contribution is -2.23. The van der Waals surface area contributed by atoms with Crippen molar-refractivity contribution in [3.8, 4) is 11.5 Å². The molecule has 1 N–H and O–H groups in total. The fraction of sp³-hybridized carbons (Fsp3) is 0.238. The van der Waals surface area contributed by atoms with Gasteiger partial charge in [-0.15, -0.1) is 0 Å². The molecule has 1 amide bonds. The van der Waals surface area contributed by atoms with Crippen molar-refractivity contribution < 1.29 is 18.7 Å². The highest BCUT2D eigenvalue weighted by molar-refractivity contribution is 5.95. The molecule has 0 atom stereocenters. The predicted molar refractivity (Wildman–Crippen MR) is 103 cm³/mol. The van der Waals surface area contributed by atoms with E-state index in [1.807, 2.05) is 26.0 Å². The second kappa shape index (κ2) is 7.53. The number of carbonyl (C=O) groups excluding carboxylic acids is 1. The lowest BCUT2D eigenvalue weighted by atomic mass is 10.0. The van der Waals surface area contributed by atoms with Crippen LogP contribution in [-0.2, 0) is 6.54 Å². The molecule has 0 aliphatic rings. The fourth-order valence-electron chi connectivity index (χ4n) is 3.17. The average molecular weight is 367 g/mol. The topological polar surface area (TPSA) is 77.8 Å². The minimum absolute atomic E-state index is 0.208. The molecule has 6 nitrogen and oxygen atoms in total. The van der Waals surface area contributed by atoms with Gasteiger partial charge in [0.15, 0.2) is 11.5 Å². The molecule has 0 bridgehead atoms. The molecule has 0 radical (unpaired) electrons. The van der Waals surface area contributed by atoms with Crippen molar-refractivity contribution in [3.63, 3.8) is 0 Å². The summed E-state index contributed by atoms with van der Waals surface area (Å²) in [5.41, 5.74) is 3.23. The Morgan fingerprint density at radius 2 is 1.78 bits per heavy atom. The summed E-state index contributed by atoms with van der Waals surface area (Å²) in [6, 6.07) is 10.2. The highest BCUT2D eigenvalue weighted by Crippen LogP contribution is 2.27. The van der Waals surface area contributed by atoms with E-state index in [0.717, 1.165) is 16.5 Å². The van der Waals surface area contributed by atoms with Crippen molar-refractivity contribution in [3.05, 3.63) is 69.1 Å². The number of aryl methyl sites for hydroxylation is 2. The van der Waals surface area contributed by atoms with Crippen LogP contribution >= 0.6 is 0 Å². The van der Waals surface area contributed by atoms with E-state index in [0.29, 0.717) is 28.2 Å². The molecule has 0 unspecified atom stereocenters. The lowest BCUT2D eigenvalue weighted by molar-refractivity contribution is 0.0950. The van der Waals surface area contributed by atoms with Gasteiger partial charge in [0.05, 0.1) is 14.2 Å². The van der Waals surface area contributed by atoms with Crippen LogP contribution < -0.4 is 20.4 Å². The Morgan fingerprint density at radius 3 is 2.48 bits per heavy atom. The van der Waals surface area contributed by atoms with Crippen LogP contribution in [0.3, 0.4) is 0 Å². The van der Waals surface area contributed by atoms with Crippen molar-refractivity contribution in [1.82, 2.24) is 5.32 Å². The third kappa shape index (κ3) is 3.79. The van der Waals surface area contributed by atoms with Gasteiger partial charge in [0.1, 0.15) is 5.58 Å². The summed E-state index contributed by atoms with van der Waals surface area (Å²) in [4.78, 5) is 24.4. The van der Waals surface area contributed by atoms with E-state index in [2.05, 4.69) is 5.32 Å². The molecule has 27 heavy (non-hydrogen) atoms. The molecule has 140 valence electrons. The number of methoxy groups -OCH3 is 2. The second-order valence-corrected chi connectivity index (χ2v) is 6.30. The van der Waals surface area contributed by atoms with Crippen LogP contribution in [0.5, 0.6) is 11.5 Å². The van der Waals surface area contributed by atoms with E-state index in [4.69, 9.17) is 13.9 Å². The van der Waals surface area contributed by atoms with Crippen LogP contribution in [0.1, 0.15) is 27.0 Å². The zero-order valence-electron chi connectivity index (χ0n) is 15.7. The van der Waals surface area contributed by atoms with Gasteiger partial charge in [-0.25, -0.2) is 4.79 Å². The summed E-state index contributed by atoms with van der Waals surface area (Å²) < 4.78 is 15.7. The van der Waals surface area contributed by atoms with Crippen LogP contribution in [0.15, 0.2) is 45.6 Å². The number of carbonyl (C=O) groups is 1. The molecule has 3 aromatic rings. The zero-order chi connectivity index (χ0) is 19.6. The van der Waals surface area contributed by atoms with Crippen molar-refractivity contribution in [2.45, 2.75) is 20.4 Å². The first-order chi connectivity index (χ1) is 12.9. The molecule has 1 aromatic heterocycles. The highest BCUT2D eigenvalue weighted by atomic mass is 16.5. The van der Waals surface area contributed by atoms with Crippen molar-refractivity contribution in [2.24, 2.45) is 0 Å². The number of fused-ring (bicyclic) bond motifs is 1. The van der Waals surface area contributed by atoms with E-state index >= 15 is 0 Å². The largest absolute Gasteiger partial charge is 0.493 e. The summed E-state index contributed by atoms with van der Waals surface area (Å²) in [7, 11) is 3.05. The summed E-state index contributed by atoms with van der Waals surface area (Å²) in [6.07, 6.45) is 0. The Bertz CT molecular complexity index is 1070. The molecule has 0 aliphatic carbocycles. The Labute approximate surface area is 156 Å². The van der Waals surface area contributed by atoms with Crippen molar-refractivity contribution in [1.29, 1.82) is 0 Å². The normalized spacial score (nSPS) is 10.7. The van der Waals surface area contributed by atoms with Crippen molar-refractivity contribution >= 4 is 16.9 Å². The first-order valence-corrected chi connectivity index (χ1v) is 8.47. The van der Waals surface area contributed by atoms with Gasteiger partial charge >= 0.3 is 5.63 Å². The Hall–Kier alpha value is -3.28. The standard InChI is InChI=1S/C21H21NO5/c1-12-7-13(2)20-15(10-19(23)27-18(20)8-12)11-22-21(24)14-5-6-16(25-3)17(9-14)26-4/h5-10H,11H2,1-4H3,(H,22,24). The molecule has 6 heteroatoms. The van der Waals surface area contributed by atoms with Gasteiger partial charge in [0, 0.05) is 23.6 Å². The van der Waals surface area contributed by atoms with Gasteiger partial charge in [0.2, 0.25) is 0 Å².